The van der Waals surface area contributed by atoms with Gasteiger partial charge in [0.05, 0.1) is 25.2 Å². The molecule has 1 heterocycles. The van der Waals surface area contributed by atoms with Gasteiger partial charge in [0.25, 0.3) is 5.91 Å². The van der Waals surface area contributed by atoms with Crippen molar-refractivity contribution in [2.45, 2.75) is 31.4 Å². The second-order valence-electron chi connectivity index (χ2n) is 8.20. The number of esters is 1. The maximum Gasteiger partial charge on any atom is 0.329 e. The highest BCUT2D eigenvalue weighted by molar-refractivity contribution is 7.89. The molecule has 0 aromatic heterocycles. The molecule has 1 atom stereocenters. The van der Waals surface area contributed by atoms with Crippen LogP contribution in [0.25, 0.3) is 0 Å². The molecule has 0 aliphatic carbocycles. The molecule has 0 saturated carbocycles. The van der Waals surface area contributed by atoms with Crippen LogP contribution in [0.15, 0.2) is 53.4 Å². The zero-order valence-corrected chi connectivity index (χ0v) is 20.3. The van der Waals surface area contributed by atoms with Crippen LogP contribution in [0.3, 0.4) is 0 Å². The first kappa shape index (κ1) is 25.7. The van der Waals surface area contributed by atoms with Crippen LogP contribution in [0.5, 0.6) is 5.75 Å². The molecule has 1 N–H and O–H groups in total. The van der Waals surface area contributed by atoms with Crippen molar-refractivity contribution < 1.29 is 32.2 Å². The minimum atomic E-state index is -3.75. The van der Waals surface area contributed by atoms with E-state index in [-0.39, 0.29) is 36.1 Å². The molecular weight excluding hydrogens is 460 g/mol. The largest absolute Gasteiger partial charge is 0.497 e. The molecule has 0 unspecified atom stereocenters. The first-order valence-corrected chi connectivity index (χ1v) is 12.4. The van der Waals surface area contributed by atoms with Crippen LogP contribution < -0.4 is 10.1 Å². The smallest absolute Gasteiger partial charge is 0.329 e. The SMILES string of the molecule is COc1cccc(COC(=O)[C@@H](NC(=O)c2cccc(S(=O)(=O)N3CCOCC3)c2)C(C)C)c1. The highest BCUT2D eigenvalue weighted by Crippen LogP contribution is 2.19. The molecule has 0 spiro atoms. The van der Waals surface area contributed by atoms with E-state index in [4.69, 9.17) is 14.2 Å². The van der Waals surface area contributed by atoms with E-state index in [9.17, 15) is 18.0 Å². The van der Waals surface area contributed by atoms with Gasteiger partial charge in [0, 0.05) is 18.7 Å². The Morgan fingerprint density at radius 2 is 1.79 bits per heavy atom. The fourth-order valence-corrected chi connectivity index (χ4v) is 4.92. The van der Waals surface area contributed by atoms with Crippen LogP contribution in [0.4, 0.5) is 0 Å². The lowest BCUT2D eigenvalue weighted by molar-refractivity contribution is -0.148. The summed E-state index contributed by atoms with van der Waals surface area (Å²) in [5, 5.41) is 2.68. The van der Waals surface area contributed by atoms with Gasteiger partial charge >= 0.3 is 5.97 Å². The van der Waals surface area contributed by atoms with Gasteiger partial charge in [-0.2, -0.15) is 4.31 Å². The molecule has 1 amide bonds. The molecule has 1 saturated heterocycles. The van der Waals surface area contributed by atoms with Crippen molar-refractivity contribution in [3.05, 3.63) is 59.7 Å². The molecule has 0 bridgehead atoms. The Bertz CT molecular complexity index is 1110. The zero-order valence-electron chi connectivity index (χ0n) is 19.5. The molecule has 184 valence electrons. The predicted octanol–water partition coefficient (Wildman–Crippen LogP) is 2.21. The van der Waals surface area contributed by atoms with E-state index in [2.05, 4.69) is 5.32 Å². The molecule has 9 nitrogen and oxygen atoms in total. The standard InChI is InChI=1S/C24H30N2O7S/c1-17(2)22(24(28)33-16-18-6-4-8-20(14-18)31-3)25-23(27)19-7-5-9-21(15-19)34(29,30)26-10-12-32-13-11-26/h4-9,14-15,17,22H,10-13,16H2,1-3H3,(H,25,27)/t22-/m0/s1. The van der Waals surface area contributed by atoms with Crippen molar-refractivity contribution in [1.82, 2.24) is 9.62 Å². The number of hydrogen-bond donors (Lipinski definition) is 1. The summed E-state index contributed by atoms with van der Waals surface area (Å²) in [5.41, 5.74) is 0.892. The second-order valence-corrected chi connectivity index (χ2v) is 10.1. The Hall–Kier alpha value is -2.95. The summed E-state index contributed by atoms with van der Waals surface area (Å²) in [4.78, 5) is 25.7. The van der Waals surface area contributed by atoms with Crippen molar-refractivity contribution >= 4 is 21.9 Å². The third kappa shape index (κ3) is 6.34. The van der Waals surface area contributed by atoms with E-state index < -0.39 is 27.9 Å². The Morgan fingerprint density at radius 1 is 1.09 bits per heavy atom. The quantitative estimate of drug-likeness (QED) is 0.537. The lowest BCUT2D eigenvalue weighted by Crippen LogP contribution is -2.45. The van der Waals surface area contributed by atoms with Crippen LogP contribution >= 0.6 is 0 Å². The van der Waals surface area contributed by atoms with Crippen LogP contribution in [0, 0.1) is 5.92 Å². The summed E-state index contributed by atoms with van der Waals surface area (Å²) in [6.07, 6.45) is 0. The summed E-state index contributed by atoms with van der Waals surface area (Å²) >= 11 is 0. The number of benzene rings is 2. The van der Waals surface area contributed by atoms with E-state index in [0.717, 1.165) is 5.56 Å². The van der Waals surface area contributed by atoms with Crippen molar-refractivity contribution in [2.24, 2.45) is 5.92 Å². The average Bonchev–Trinajstić information content (AvgIpc) is 2.86. The molecule has 1 aliphatic rings. The van der Waals surface area contributed by atoms with Gasteiger partial charge in [-0.1, -0.05) is 32.0 Å². The maximum atomic E-state index is 12.9. The number of nitrogens with zero attached hydrogens (tertiary/aromatic N) is 1. The average molecular weight is 491 g/mol. The number of hydrogen-bond acceptors (Lipinski definition) is 7. The molecular formula is C24H30N2O7S. The van der Waals surface area contributed by atoms with Crippen molar-refractivity contribution in [3.63, 3.8) is 0 Å². The Balaban J connectivity index is 1.69. The first-order chi connectivity index (χ1) is 16.2. The van der Waals surface area contributed by atoms with Crippen LogP contribution in [-0.4, -0.2) is 64.1 Å². The number of sulfonamides is 1. The number of morpholine rings is 1. The van der Waals surface area contributed by atoms with Gasteiger partial charge in [0.15, 0.2) is 0 Å². The van der Waals surface area contributed by atoms with E-state index >= 15 is 0 Å². The fourth-order valence-electron chi connectivity index (χ4n) is 3.46. The second kappa shape index (κ2) is 11.5. The van der Waals surface area contributed by atoms with E-state index in [1.807, 2.05) is 0 Å². The van der Waals surface area contributed by atoms with Gasteiger partial charge in [-0.3, -0.25) is 4.79 Å². The normalized spacial score (nSPS) is 15.5. The van der Waals surface area contributed by atoms with Crippen LogP contribution in [0.1, 0.15) is 29.8 Å². The first-order valence-electron chi connectivity index (χ1n) is 11.0. The fraction of sp³-hybridized carbons (Fsp3) is 0.417. The molecule has 34 heavy (non-hydrogen) atoms. The number of rotatable bonds is 9. The third-order valence-electron chi connectivity index (χ3n) is 5.43. The van der Waals surface area contributed by atoms with Gasteiger partial charge in [0.1, 0.15) is 18.4 Å². The van der Waals surface area contributed by atoms with Crippen molar-refractivity contribution in [3.8, 4) is 5.75 Å². The summed E-state index contributed by atoms with van der Waals surface area (Å²) < 4.78 is 43.0. The van der Waals surface area contributed by atoms with Crippen molar-refractivity contribution in [1.29, 1.82) is 0 Å². The molecule has 10 heteroatoms. The summed E-state index contributed by atoms with van der Waals surface area (Å²) in [5.74, 6) is -0.740. The predicted molar refractivity (Wildman–Crippen MR) is 125 cm³/mol. The summed E-state index contributed by atoms with van der Waals surface area (Å²) in [6.45, 7) is 4.78. The molecule has 3 rings (SSSR count). The number of carbonyl (C=O) groups is 2. The number of amides is 1. The summed E-state index contributed by atoms with van der Waals surface area (Å²) in [7, 11) is -2.20. The van der Waals surface area contributed by atoms with Gasteiger partial charge in [-0.15, -0.1) is 0 Å². The zero-order chi connectivity index (χ0) is 24.7. The van der Waals surface area contributed by atoms with Gasteiger partial charge in [0.2, 0.25) is 10.0 Å². The van der Waals surface area contributed by atoms with Gasteiger partial charge < -0.3 is 19.5 Å². The van der Waals surface area contributed by atoms with E-state index in [0.29, 0.717) is 19.0 Å². The Morgan fingerprint density at radius 3 is 2.47 bits per heavy atom. The highest BCUT2D eigenvalue weighted by atomic mass is 32.2. The molecule has 2 aromatic carbocycles. The Labute approximate surface area is 200 Å². The number of nitrogens with one attached hydrogen (secondary N) is 1. The van der Waals surface area contributed by atoms with Crippen LogP contribution in [0.2, 0.25) is 0 Å². The van der Waals surface area contributed by atoms with E-state index in [1.54, 1.807) is 45.2 Å². The van der Waals surface area contributed by atoms with Gasteiger partial charge in [-0.05, 0) is 41.8 Å². The minimum absolute atomic E-state index is 0.0174. The number of carbonyl (C=O) groups excluding carboxylic acids is 2. The molecule has 2 aromatic rings. The Kier molecular flexibility index (Phi) is 8.65. The molecule has 1 fully saturated rings. The number of ether oxygens (including phenoxy) is 3. The lowest BCUT2D eigenvalue weighted by atomic mass is 10.0. The minimum Gasteiger partial charge on any atom is -0.497 e. The highest BCUT2D eigenvalue weighted by Gasteiger charge is 2.29. The van der Waals surface area contributed by atoms with Crippen LogP contribution in [-0.2, 0) is 30.9 Å². The topological polar surface area (TPSA) is 111 Å². The number of methoxy groups -OCH3 is 1. The van der Waals surface area contributed by atoms with Crippen molar-refractivity contribution in [2.75, 3.05) is 33.4 Å². The monoisotopic (exact) mass is 490 g/mol. The molecule has 0 radical (unpaired) electrons. The third-order valence-corrected chi connectivity index (χ3v) is 7.32. The molecule has 1 aliphatic heterocycles. The van der Waals surface area contributed by atoms with E-state index in [1.165, 1.54) is 28.6 Å². The lowest BCUT2D eigenvalue weighted by Gasteiger charge is -2.26. The summed E-state index contributed by atoms with van der Waals surface area (Å²) in [6, 6.07) is 12.0. The van der Waals surface area contributed by atoms with Gasteiger partial charge in [-0.25, -0.2) is 13.2 Å². The maximum absolute atomic E-state index is 12.9.